The predicted molar refractivity (Wildman–Crippen MR) is 96.4 cm³/mol. The molecule has 2 amide bonds. The molecule has 1 N–H and O–H groups in total. The van der Waals surface area contributed by atoms with Crippen LogP contribution >= 0.6 is 0 Å². The Balaban J connectivity index is 1.35. The maximum absolute atomic E-state index is 13.0. The third-order valence-corrected chi connectivity index (χ3v) is 4.94. The van der Waals surface area contributed by atoms with Gasteiger partial charge in [0.1, 0.15) is 5.82 Å². The van der Waals surface area contributed by atoms with Gasteiger partial charge in [0.15, 0.2) is 0 Å². The van der Waals surface area contributed by atoms with Crippen molar-refractivity contribution in [2.45, 2.75) is 31.8 Å². The Labute approximate surface area is 153 Å². The first-order chi connectivity index (χ1) is 12.6. The van der Waals surface area contributed by atoms with Crippen LogP contribution in [0.25, 0.3) is 0 Å². The number of piperazine rings is 1. The van der Waals surface area contributed by atoms with Crippen molar-refractivity contribution < 1.29 is 18.7 Å². The van der Waals surface area contributed by atoms with Gasteiger partial charge in [-0.25, -0.2) is 4.39 Å². The van der Waals surface area contributed by atoms with E-state index in [1.54, 1.807) is 17.0 Å². The molecule has 26 heavy (non-hydrogen) atoms. The summed E-state index contributed by atoms with van der Waals surface area (Å²) in [5, 5.41) is 2.84. The van der Waals surface area contributed by atoms with E-state index in [0.717, 1.165) is 25.1 Å². The van der Waals surface area contributed by atoms with Crippen LogP contribution in [0, 0.1) is 5.82 Å². The maximum Gasteiger partial charge on any atom is 0.223 e. The lowest BCUT2D eigenvalue weighted by atomic mass is 10.2. The zero-order valence-electron chi connectivity index (χ0n) is 15.0. The minimum absolute atomic E-state index is 0.0102. The van der Waals surface area contributed by atoms with Gasteiger partial charge in [-0.3, -0.25) is 9.59 Å². The standard InChI is InChI=1S/C19H26FN3O3/c20-15-3-5-16(6-4-15)22-9-11-23(12-10-22)19(25)8-7-18(24)21-14-17-2-1-13-26-17/h3-6,17H,1-2,7-14H2,(H,21,24)/t17-/m1/s1. The Hall–Kier alpha value is -2.15. The molecule has 1 aromatic carbocycles. The molecule has 2 fully saturated rings. The van der Waals surface area contributed by atoms with Gasteiger partial charge < -0.3 is 19.9 Å². The number of benzene rings is 1. The summed E-state index contributed by atoms with van der Waals surface area (Å²) in [5.74, 6) is -0.338. The third-order valence-electron chi connectivity index (χ3n) is 4.94. The topological polar surface area (TPSA) is 61.9 Å². The fourth-order valence-electron chi connectivity index (χ4n) is 3.37. The van der Waals surface area contributed by atoms with Crippen LogP contribution in [-0.4, -0.2) is 62.1 Å². The first kappa shape index (κ1) is 18.6. The Morgan fingerprint density at radius 3 is 2.50 bits per heavy atom. The Kier molecular flexibility index (Phi) is 6.44. The SMILES string of the molecule is O=C(CCC(=O)N1CCN(c2ccc(F)cc2)CC1)NC[C@H]1CCCO1. The number of amides is 2. The maximum atomic E-state index is 13.0. The van der Waals surface area contributed by atoms with E-state index < -0.39 is 0 Å². The van der Waals surface area contributed by atoms with Gasteiger partial charge in [-0.1, -0.05) is 0 Å². The van der Waals surface area contributed by atoms with Crippen molar-refractivity contribution in [3.05, 3.63) is 30.1 Å². The van der Waals surface area contributed by atoms with Gasteiger partial charge in [-0.15, -0.1) is 0 Å². The molecule has 142 valence electrons. The molecule has 7 heteroatoms. The van der Waals surface area contributed by atoms with Crippen molar-refractivity contribution in [2.75, 3.05) is 44.2 Å². The summed E-state index contributed by atoms with van der Waals surface area (Å²) in [5.41, 5.74) is 0.965. The fourth-order valence-corrected chi connectivity index (χ4v) is 3.37. The average molecular weight is 363 g/mol. The van der Waals surface area contributed by atoms with Gasteiger partial charge in [0.05, 0.1) is 6.10 Å². The number of nitrogens with one attached hydrogen (secondary N) is 1. The second-order valence-electron chi connectivity index (χ2n) is 6.78. The average Bonchev–Trinajstić information content (AvgIpc) is 3.19. The highest BCUT2D eigenvalue weighted by Crippen LogP contribution is 2.17. The van der Waals surface area contributed by atoms with Gasteiger partial charge in [-0.05, 0) is 37.1 Å². The van der Waals surface area contributed by atoms with Crippen molar-refractivity contribution in [1.82, 2.24) is 10.2 Å². The molecule has 2 heterocycles. The van der Waals surface area contributed by atoms with Gasteiger partial charge in [0.25, 0.3) is 0 Å². The fraction of sp³-hybridized carbons (Fsp3) is 0.579. The van der Waals surface area contributed by atoms with Gasteiger partial charge in [-0.2, -0.15) is 0 Å². The van der Waals surface area contributed by atoms with E-state index in [-0.39, 0.29) is 36.6 Å². The van der Waals surface area contributed by atoms with Crippen LogP contribution < -0.4 is 10.2 Å². The van der Waals surface area contributed by atoms with Gasteiger partial charge in [0.2, 0.25) is 11.8 Å². The van der Waals surface area contributed by atoms with Crippen molar-refractivity contribution in [3.63, 3.8) is 0 Å². The molecule has 0 saturated carbocycles. The molecule has 0 aromatic heterocycles. The van der Waals surface area contributed by atoms with Crippen LogP contribution in [-0.2, 0) is 14.3 Å². The Bertz CT molecular complexity index is 609. The summed E-state index contributed by atoms with van der Waals surface area (Å²) in [7, 11) is 0. The lowest BCUT2D eigenvalue weighted by Gasteiger charge is -2.36. The van der Waals surface area contributed by atoms with Crippen LogP contribution in [0.1, 0.15) is 25.7 Å². The quantitative estimate of drug-likeness (QED) is 0.833. The van der Waals surface area contributed by atoms with Crippen LogP contribution in [0.2, 0.25) is 0 Å². The number of hydrogen-bond acceptors (Lipinski definition) is 4. The number of anilines is 1. The second kappa shape index (κ2) is 8.98. The number of rotatable bonds is 6. The van der Waals surface area contributed by atoms with Gasteiger partial charge >= 0.3 is 0 Å². The summed E-state index contributed by atoms with van der Waals surface area (Å²) < 4.78 is 18.5. The Morgan fingerprint density at radius 2 is 1.85 bits per heavy atom. The highest BCUT2D eigenvalue weighted by atomic mass is 19.1. The molecular weight excluding hydrogens is 337 g/mol. The monoisotopic (exact) mass is 363 g/mol. The molecule has 6 nitrogen and oxygen atoms in total. The summed E-state index contributed by atoms with van der Waals surface area (Å²) in [4.78, 5) is 28.1. The largest absolute Gasteiger partial charge is 0.376 e. The summed E-state index contributed by atoms with van der Waals surface area (Å²) in [6.45, 7) is 3.96. The summed E-state index contributed by atoms with van der Waals surface area (Å²) >= 11 is 0. The van der Waals surface area contributed by atoms with Crippen molar-refractivity contribution in [3.8, 4) is 0 Å². The van der Waals surface area contributed by atoms with Crippen LogP contribution in [0.15, 0.2) is 24.3 Å². The molecule has 0 radical (unpaired) electrons. The van der Waals surface area contributed by atoms with Crippen LogP contribution in [0.5, 0.6) is 0 Å². The van der Waals surface area contributed by atoms with E-state index in [1.165, 1.54) is 12.1 Å². The highest BCUT2D eigenvalue weighted by Gasteiger charge is 2.22. The minimum atomic E-state index is -0.250. The van der Waals surface area contributed by atoms with E-state index in [4.69, 9.17) is 4.74 Å². The molecule has 2 aliphatic rings. The molecule has 1 aromatic rings. The van der Waals surface area contributed by atoms with Crippen LogP contribution in [0.3, 0.4) is 0 Å². The molecule has 2 aliphatic heterocycles. The second-order valence-corrected chi connectivity index (χ2v) is 6.78. The Morgan fingerprint density at radius 1 is 1.12 bits per heavy atom. The lowest BCUT2D eigenvalue weighted by Crippen LogP contribution is -2.49. The lowest BCUT2D eigenvalue weighted by molar-refractivity contribution is -0.133. The van der Waals surface area contributed by atoms with E-state index >= 15 is 0 Å². The third kappa shape index (κ3) is 5.17. The summed E-state index contributed by atoms with van der Waals surface area (Å²) in [6, 6.07) is 6.40. The molecule has 3 rings (SSSR count). The van der Waals surface area contributed by atoms with E-state index in [9.17, 15) is 14.0 Å². The smallest absolute Gasteiger partial charge is 0.223 e. The zero-order valence-corrected chi connectivity index (χ0v) is 15.0. The zero-order chi connectivity index (χ0) is 18.4. The summed E-state index contributed by atoms with van der Waals surface area (Å²) in [6.07, 6.45) is 2.59. The predicted octanol–water partition coefficient (Wildman–Crippen LogP) is 1.55. The number of nitrogens with zero attached hydrogens (tertiary/aromatic N) is 2. The normalized spacial score (nSPS) is 20.3. The number of carbonyl (C=O) groups excluding carboxylic acids is 2. The number of ether oxygens (including phenoxy) is 1. The minimum Gasteiger partial charge on any atom is -0.376 e. The van der Waals surface area contributed by atoms with Gasteiger partial charge in [0, 0.05) is 57.9 Å². The van der Waals surface area contributed by atoms with Crippen molar-refractivity contribution >= 4 is 17.5 Å². The number of halogens is 1. The number of carbonyl (C=O) groups is 2. The van der Waals surface area contributed by atoms with Crippen molar-refractivity contribution in [1.29, 1.82) is 0 Å². The number of hydrogen-bond donors (Lipinski definition) is 1. The molecule has 0 unspecified atom stereocenters. The molecule has 0 spiro atoms. The molecule has 1 atom stereocenters. The first-order valence-corrected chi connectivity index (χ1v) is 9.28. The van der Waals surface area contributed by atoms with Crippen LogP contribution in [0.4, 0.5) is 10.1 Å². The molecule has 0 bridgehead atoms. The van der Waals surface area contributed by atoms with Crippen molar-refractivity contribution in [2.24, 2.45) is 0 Å². The molecule has 0 aliphatic carbocycles. The van der Waals surface area contributed by atoms with E-state index in [0.29, 0.717) is 32.7 Å². The molecular formula is C19H26FN3O3. The van der Waals surface area contributed by atoms with E-state index in [1.807, 2.05) is 0 Å². The first-order valence-electron chi connectivity index (χ1n) is 9.28. The van der Waals surface area contributed by atoms with E-state index in [2.05, 4.69) is 10.2 Å². The molecule has 2 saturated heterocycles. The highest BCUT2D eigenvalue weighted by molar-refractivity contribution is 5.83.